The molecule has 21 heavy (non-hydrogen) atoms. The Kier molecular flexibility index (Phi) is 4.49. The van der Waals surface area contributed by atoms with E-state index in [1.165, 1.54) is 0 Å². The van der Waals surface area contributed by atoms with Gasteiger partial charge in [0.1, 0.15) is 11.4 Å². The van der Waals surface area contributed by atoms with Gasteiger partial charge in [0.2, 0.25) is 0 Å². The van der Waals surface area contributed by atoms with Crippen molar-refractivity contribution >= 4 is 11.6 Å². The molecule has 0 saturated carbocycles. The number of methoxy groups -OCH3 is 1. The summed E-state index contributed by atoms with van der Waals surface area (Å²) in [5, 5.41) is 15.9. The third kappa shape index (κ3) is 3.71. The number of nitrogens with zero attached hydrogens (tertiary/aromatic N) is 4. The molecule has 0 radical (unpaired) electrons. The maximum absolute atomic E-state index is 6.13. The van der Waals surface area contributed by atoms with E-state index in [4.69, 9.17) is 16.3 Å². The molecule has 0 atom stereocenters. The fourth-order valence-corrected chi connectivity index (χ4v) is 1.98. The molecule has 1 aromatic carbocycles. The lowest BCUT2D eigenvalue weighted by molar-refractivity contribution is 0.405. The minimum Gasteiger partial charge on any atom is -0.494 e. The minimum atomic E-state index is -0.0171. The van der Waals surface area contributed by atoms with Gasteiger partial charge in [-0.2, -0.15) is 4.68 Å². The van der Waals surface area contributed by atoms with Gasteiger partial charge in [-0.05, 0) is 49.8 Å². The van der Waals surface area contributed by atoms with Gasteiger partial charge in [0.25, 0.3) is 0 Å². The summed E-state index contributed by atoms with van der Waals surface area (Å²) in [4.78, 5) is 0. The van der Waals surface area contributed by atoms with Crippen LogP contribution in [0.15, 0.2) is 12.1 Å². The molecule has 0 aliphatic rings. The van der Waals surface area contributed by atoms with Crippen molar-refractivity contribution in [3.63, 3.8) is 0 Å². The molecule has 0 spiro atoms. The first-order valence-corrected chi connectivity index (χ1v) is 7.06. The normalized spacial score (nSPS) is 11.7. The van der Waals surface area contributed by atoms with Gasteiger partial charge in [-0.15, -0.1) is 5.10 Å². The zero-order valence-electron chi connectivity index (χ0n) is 12.9. The Morgan fingerprint density at radius 3 is 2.67 bits per heavy atom. The zero-order chi connectivity index (χ0) is 15.6. The van der Waals surface area contributed by atoms with Gasteiger partial charge >= 0.3 is 0 Å². The van der Waals surface area contributed by atoms with Crippen LogP contribution in [-0.2, 0) is 6.54 Å². The summed E-state index contributed by atoms with van der Waals surface area (Å²) in [6.07, 6.45) is 0. The van der Waals surface area contributed by atoms with Crippen LogP contribution in [0, 0.1) is 6.92 Å². The van der Waals surface area contributed by atoms with E-state index in [2.05, 4.69) is 41.6 Å². The van der Waals surface area contributed by atoms with Crippen LogP contribution in [0.3, 0.4) is 0 Å². The van der Waals surface area contributed by atoms with Gasteiger partial charge in [0, 0.05) is 16.6 Å². The zero-order valence-corrected chi connectivity index (χ0v) is 13.7. The second kappa shape index (κ2) is 5.99. The Balaban J connectivity index is 2.39. The summed E-state index contributed by atoms with van der Waals surface area (Å²) in [5.74, 6) is 1.35. The summed E-state index contributed by atoms with van der Waals surface area (Å²) < 4.78 is 7.05. The van der Waals surface area contributed by atoms with E-state index in [-0.39, 0.29) is 5.54 Å². The molecule has 0 aliphatic heterocycles. The number of hydrogen-bond acceptors (Lipinski definition) is 5. The van der Waals surface area contributed by atoms with Crippen molar-refractivity contribution in [3.05, 3.63) is 28.5 Å². The van der Waals surface area contributed by atoms with Crippen LogP contribution in [0.1, 0.15) is 32.2 Å². The molecular weight excluding hydrogens is 290 g/mol. The average molecular weight is 310 g/mol. The Labute approximate surface area is 129 Å². The van der Waals surface area contributed by atoms with Crippen LogP contribution in [0.2, 0.25) is 5.02 Å². The molecule has 0 bridgehead atoms. The highest BCUT2D eigenvalue weighted by Crippen LogP contribution is 2.29. The molecule has 0 saturated heterocycles. The van der Waals surface area contributed by atoms with Gasteiger partial charge in [0.05, 0.1) is 13.7 Å². The third-order valence-corrected chi connectivity index (χ3v) is 3.41. The van der Waals surface area contributed by atoms with Crippen molar-refractivity contribution in [2.75, 3.05) is 7.11 Å². The first-order valence-electron chi connectivity index (χ1n) is 6.68. The van der Waals surface area contributed by atoms with Crippen LogP contribution in [0.4, 0.5) is 0 Å². The number of aromatic nitrogens is 4. The van der Waals surface area contributed by atoms with Crippen molar-refractivity contribution in [1.29, 1.82) is 0 Å². The number of ether oxygens (including phenoxy) is 1. The van der Waals surface area contributed by atoms with E-state index in [9.17, 15) is 0 Å². The van der Waals surface area contributed by atoms with Crippen molar-refractivity contribution < 1.29 is 4.74 Å². The largest absolute Gasteiger partial charge is 0.494 e. The summed E-state index contributed by atoms with van der Waals surface area (Å²) in [6.45, 7) is 8.76. The highest BCUT2D eigenvalue weighted by molar-refractivity contribution is 6.31. The number of benzene rings is 1. The summed E-state index contributed by atoms with van der Waals surface area (Å²) in [7, 11) is 1.60. The van der Waals surface area contributed by atoms with Crippen LogP contribution >= 0.6 is 11.6 Å². The van der Waals surface area contributed by atoms with Gasteiger partial charge in [-0.25, -0.2) is 0 Å². The molecule has 2 rings (SSSR count). The monoisotopic (exact) mass is 309 g/mol. The molecule has 0 aliphatic carbocycles. The molecular formula is C14H20ClN5O. The number of hydrogen-bond donors (Lipinski definition) is 1. The molecule has 1 heterocycles. The number of rotatable bonds is 4. The minimum absolute atomic E-state index is 0.0171. The fraction of sp³-hybridized carbons (Fsp3) is 0.500. The SMILES string of the molecule is COc1cc(Cl)c(C)cc1-n1nnnc1CNC(C)(C)C. The van der Waals surface area contributed by atoms with Crippen molar-refractivity contribution in [2.24, 2.45) is 0 Å². The Morgan fingerprint density at radius 1 is 1.33 bits per heavy atom. The predicted molar refractivity (Wildman–Crippen MR) is 82.0 cm³/mol. The Hall–Kier alpha value is -1.66. The Bertz CT molecular complexity index is 633. The van der Waals surface area contributed by atoms with Crippen LogP contribution < -0.4 is 10.1 Å². The molecule has 0 amide bonds. The van der Waals surface area contributed by atoms with Gasteiger partial charge in [-0.3, -0.25) is 0 Å². The maximum Gasteiger partial charge on any atom is 0.170 e. The van der Waals surface area contributed by atoms with E-state index in [0.717, 1.165) is 11.3 Å². The number of aryl methyl sites for hydroxylation is 1. The van der Waals surface area contributed by atoms with Crippen LogP contribution in [0.25, 0.3) is 5.69 Å². The quantitative estimate of drug-likeness (QED) is 0.940. The van der Waals surface area contributed by atoms with Gasteiger partial charge in [-0.1, -0.05) is 11.6 Å². The molecule has 6 nitrogen and oxygen atoms in total. The number of nitrogens with one attached hydrogen (secondary N) is 1. The molecule has 114 valence electrons. The van der Waals surface area contributed by atoms with Crippen molar-refractivity contribution in [2.45, 2.75) is 39.8 Å². The molecule has 0 unspecified atom stereocenters. The topological polar surface area (TPSA) is 64.9 Å². The molecule has 1 aromatic heterocycles. The smallest absolute Gasteiger partial charge is 0.170 e. The molecule has 7 heteroatoms. The molecule has 1 N–H and O–H groups in total. The van der Waals surface area contributed by atoms with Crippen molar-refractivity contribution in [3.8, 4) is 11.4 Å². The van der Waals surface area contributed by atoms with Crippen LogP contribution in [0.5, 0.6) is 5.75 Å². The second-order valence-electron chi connectivity index (χ2n) is 5.88. The number of tetrazole rings is 1. The molecule has 2 aromatic rings. The third-order valence-electron chi connectivity index (χ3n) is 3.00. The van der Waals surface area contributed by atoms with Crippen LogP contribution in [-0.4, -0.2) is 32.9 Å². The maximum atomic E-state index is 6.13. The molecule has 0 fully saturated rings. The predicted octanol–water partition coefficient (Wildman–Crippen LogP) is 2.52. The second-order valence-corrected chi connectivity index (χ2v) is 6.29. The van der Waals surface area contributed by atoms with E-state index in [0.29, 0.717) is 23.1 Å². The van der Waals surface area contributed by atoms with E-state index in [1.807, 2.05) is 13.0 Å². The average Bonchev–Trinajstić information content (AvgIpc) is 2.86. The number of halogens is 1. The van der Waals surface area contributed by atoms with Gasteiger partial charge in [0.15, 0.2) is 5.82 Å². The first-order chi connectivity index (χ1) is 9.81. The summed E-state index contributed by atoms with van der Waals surface area (Å²) >= 11 is 6.13. The first kappa shape index (κ1) is 15.7. The Morgan fingerprint density at radius 2 is 2.05 bits per heavy atom. The van der Waals surface area contributed by atoms with E-state index in [1.54, 1.807) is 17.9 Å². The highest BCUT2D eigenvalue weighted by atomic mass is 35.5. The standard InChI is InChI=1S/C14H20ClN5O/c1-9-6-11(12(21-5)7-10(9)15)20-13(17-18-19-20)8-16-14(2,3)4/h6-7,16H,8H2,1-5H3. The lowest BCUT2D eigenvalue weighted by atomic mass is 10.1. The van der Waals surface area contributed by atoms with E-state index < -0.39 is 0 Å². The lowest BCUT2D eigenvalue weighted by Crippen LogP contribution is -2.36. The highest BCUT2D eigenvalue weighted by Gasteiger charge is 2.17. The van der Waals surface area contributed by atoms with Gasteiger partial charge < -0.3 is 10.1 Å². The lowest BCUT2D eigenvalue weighted by Gasteiger charge is -2.20. The van der Waals surface area contributed by atoms with E-state index >= 15 is 0 Å². The fourth-order valence-electron chi connectivity index (χ4n) is 1.82. The summed E-state index contributed by atoms with van der Waals surface area (Å²) in [5.41, 5.74) is 1.70. The van der Waals surface area contributed by atoms with Crippen molar-refractivity contribution in [1.82, 2.24) is 25.5 Å². The summed E-state index contributed by atoms with van der Waals surface area (Å²) in [6, 6.07) is 3.69.